The van der Waals surface area contributed by atoms with E-state index in [2.05, 4.69) is 4.98 Å². The van der Waals surface area contributed by atoms with Gasteiger partial charge in [0.25, 0.3) is 11.8 Å². The van der Waals surface area contributed by atoms with Gasteiger partial charge in [-0.1, -0.05) is 26.0 Å². The Morgan fingerprint density at radius 3 is 2.38 bits per heavy atom. The summed E-state index contributed by atoms with van der Waals surface area (Å²) >= 11 is 0. The molecule has 0 radical (unpaired) electrons. The Balaban J connectivity index is 0.000000351. The molecular weight excluding hydrogens is 373 g/mol. The zero-order chi connectivity index (χ0) is 22.0. The Morgan fingerprint density at radius 1 is 1.21 bits per heavy atom. The van der Waals surface area contributed by atoms with Crippen molar-refractivity contribution in [3.8, 4) is 0 Å². The maximum atomic E-state index is 12.2. The number of amides is 2. The average molecular weight is 403 g/mol. The quantitative estimate of drug-likeness (QED) is 0.843. The van der Waals surface area contributed by atoms with Crippen LogP contribution in [0.2, 0.25) is 0 Å². The first-order valence-electron chi connectivity index (χ1n) is 9.69. The lowest BCUT2D eigenvalue weighted by Crippen LogP contribution is -2.36. The number of halogens is 1. The van der Waals surface area contributed by atoms with Crippen LogP contribution in [0.1, 0.15) is 49.7 Å². The van der Waals surface area contributed by atoms with Gasteiger partial charge >= 0.3 is 0 Å². The van der Waals surface area contributed by atoms with Gasteiger partial charge < -0.3 is 15.4 Å². The number of ether oxygens (including phenoxy) is 1. The van der Waals surface area contributed by atoms with Crippen molar-refractivity contribution in [2.24, 2.45) is 5.73 Å². The highest BCUT2D eigenvalue weighted by molar-refractivity contribution is 5.98. The topological polar surface area (TPSA) is 85.5 Å². The number of rotatable bonds is 3. The van der Waals surface area contributed by atoms with Gasteiger partial charge in [0.1, 0.15) is 17.6 Å². The van der Waals surface area contributed by atoms with Crippen LogP contribution in [0.25, 0.3) is 0 Å². The van der Waals surface area contributed by atoms with Crippen LogP contribution >= 0.6 is 0 Å². The van der Waals surface area contributed by atoms with Gasteiger partial charge in [-0.2, -0.15) is 0 Å². The Bertz CT molecular complexity index is 796. The van der Waals surface area contributed by atoms with Crippen molar-refractivity contribution in [1.82, 2.24) is 4.98 Å². The van der Waals surface area contributed by atoms with E-state index in [1.54, 1.807) is 19.2 Å². The molecule has 6 nitrogen and oxygen atoms in total. The second-order valence-corrected chi connectivity index (χ2v) is 6.47. The van der Waals surface area contributed by atoms with Crippen LogP contribution in [-0.2, 0) is 9.53 Å². The minimum absolute atomic E-state index is 0.112. The van der Waals surface area contributed by atoms with Gasteiger partial charge in [-0.3, -0.25) is 14.6 Å². The number of aryl methyl sites for hydroxylation is 1. The molecule has 0 bridgehead atoms. The maximum Gasteiger partial charge on any atom is 0.267 e. The molecule has 2 atom stereocenters. The number of hydrogen-bond acceptors (Lipinski definition) is 4. The molecule has 7 heteroatoms. The number of nitrogens with two attached hydrogens (primary N) is 1. The molecule has 1 saturated heterocycles. The van der Waals surface area contributed by atoms with Crippen molar-refractivity contribution in [3.63, 3.8) is 0 Å². The average Bonchev–Trinajstić information content (AvgIpc) is 3.15. The summed E-state index contributed by atoms with van der Waals surface area (Å²) in [5.41, 5.74) is 6.85. The molecule has 1 aromatic carbocycles. The van der Waals surface area contributed by atoms with Crippen LogP contribution in [0, 0.1) is 12.7 Å². The maximum absolute atomic E-state index is 12.2. The minimum atomic E-state index is -0.617. The van der Waals surface area contributed by atoms with Gasteiger partial charge in [-0.25, -0.2) is 4.39 Å². The summed E-state index contributed by atoms with van der Waals surface area (Å²) in [6.07, 6.45) is 2.76. The molecule has 1 aliphatic heterocycles. The Hall–Kier alpha value is -2.80. The molecule has 0 spiro atoms. The van der Waals surface area contributed by atoms with E-state index in [1.165, 1.54) is 29.3 Å². The fourth-order valence-corrected chi connectivity index (χ4v) is 2.70. The highest BCUT2D eigenvalue weighted by atomic mass is 19.1. The predicted molar refractivity (Wildman–Crippen MR) is 112 cm³/mol. The lowest BCUT2D eigenvalue weighted by atomic mass is 10.2. The van der Waals surface area contributed by atoms with Gasteiger partial charge in [-0.15, -0.1) is 0 Å². The molecule has 2 heterocycles. The fourth-order valence-electron chi connectivity index (χ4n) is 2.70. The number of hydrogen-bond donors (Lipinski definition) is 1. The molecule has 2 N–H and O–H groups in total. The predicted octanol–water partition coefficient (Wildman–Crippen LogP) is 3.87. The Labute approximate surface area is 171 Å². The van der Waals surface area contributed by atoms with Crippen molar-refractivity contribution in [3.05, 3.63) is 59.7 Å². The molecule has 29 heavy (non-hydrogen) atoms. The number of carbonyl (C=O) groups excluding carboxylic acids is 2. The van der Waals surface area contributed by atoms with Gasteiger partial charge in [0.05, 0.1) is 6.10 Å². The molecule has 2 unspecified atom stereocenters. The zero-order valence-electron chi connectivity index (χ0n) is 17.7. The smallest absolute Gasteiger partial charge is 0.267 e. The summed E-state index contributed by atoms with van der Waals surface area (Å²) in [7, 11) is 1.65. The molecule has 3 rings (SSSR count). The van der Waals surface area contributed by atoms with Crippen LogP contribution in [0.4, 0.5) is 10.1 Å². The van der Waals surface area contributed by atoms with Crippen LogP contribution in [-0.4, -0.2) is 36.1 Å². The van der Waals surface area contributed by atoms with Crippen molar-refractivity contribution in [2.45, 2.75) is 52.7 Å². The summed E-state index contributed by atoms with van der Waals surface area (Å²) in [4.78, 5) is 28.6. The van der Waals surface area contributed by atoms with Gasteiger partial charge in [0.15, 0.2) is 0 Å². The number of carbonyl (C=O) groups is 2. The summed E-state index contributed by atoms with van der Waals surface area (Å²) in [6, 6.07) is 9.65. The number of nitrogens with zero attached hydrogens (tertiary/aromatic N) is 2. The van der Waals surface area contributed by atoms with Crippen LogP contribution in [0.3, 0.4) is 0 Å². The van der Waals surface area contributed by atoms with E-state index in [-0.39, 0.29) is 23.5 Å². The van der Waals surface area contributed by atoms with Crippen molar-refractivity contribution >= 4 is 17.5 Å². The number of pyridine rings is 1. The van der Waals surface area contributed by atoms with Gasteiger partial charge in [-0.05, 0) is 56.5 Å². The molecule has 158 valence electrons. The van der Waals surface area contributed by atoms with Crippen molar-refractivity contribution in [2.75, 3.05) is 11.9 Å². The third-order valence-corrected chi connectivity index (χ3v) is 4.20. The van der Waals surface area contributed by atoms with Crippen LogP contribution < -0.4 is 10.6 Å². The number of anilines is 1. The van der Waals surface area contributed by atoms with Gasteiger partial charge in [0.2, 0.25) is 0 Å². The summed E-state index contributed by atoms with van der Waals surface area (Å²) < 4.78 is 17.7. The van der Waals surface area contributed by atoms with E-state index < -0.39 is 12.0 Å². The normalized spacial score (nSPS) is 17.3. The number of aromatic nitrogens is 1. The first-order valence-corrected chi connectivity index (χ1v) is 9.69. The SMILES string of the molecule is CC.CC1CCC(C(=O)N(C)c2ccnc(C(N)=O)c2)O1.Cc1cccc(F)c1. The van der Waals surface area contributed by atoms with E-state index >= 15 is 0 Å². The number of primary amides is 1. The fraction of sp³-hybridized carbons (Fsp3) is 0.409. The number of likely N-dealkylation sites (N-methyl/N-ethyl adjacent to an activating group) is 1. The molecule has 2 aromatic rings. The van der Waals surface area contributed by atoms with Gasteiger partial charge in [0, 0.05) is 18.9 Å². The summed E-state index contributed by atoms with van der Waals surface area (Å²) in [6.45, 7) is 7.81. The molecule has 1 aliphatic rings. The highest BCUT2D eigenvalue weighted by Gasteiger charge is 2.30. The highest BCUT2D eigenvalue weighted by Crippen LogP contribution is 2.23. The molecular formula is C22H30FN3O3. The van der Waals surface area contributed by atoms with Crippen molar-refractivity contribution < 1.29 is 18.7 Å². The summed E-state index contributed by atoms with van der Waals surface area (Å²) in [5.74, 6) is -0.899. The zero-order valence-corrected chi connectivity index (χ0v) is 17.7. The third-order valence-electron chi connectivity index (χ3n) is 4.20. The standard InChI is InChI=1S/C13H17N3O3.C7H7F.C2H6/c1-8-3-4-11(19-8)13(18)16(2)9-5-6-15-10(7-9)12(14)17;1-6-3-2-4-7(8)5-6;1-2/h5-8,11H,3-4H2,1-2H3,(H2,14,17);2-5H,1H3;1-2H3. The van der Waals surface area contributed by atoms with E-state index in [9.17, 15) is 14.0 Å². The van der Waals surface area contributed by atoms with E-state index in [1.807, 2.05) is 33.8 Å². The Kier molecular flexibility index (Phi) is 9.96. The minimum Gasteiger partial charge on any atom is -0.365 e. The first-order chi connectivity index (χ1) is 13.8. The van der Waals surface area contributed by atoms with E-state index in [0.717, 1.165) is 18.4 Å². The second-order valence-electron chi connectivity index (χ2n) is 6.47. The molecule has 0 saturated carbocycles. The van der Waals surface area contributed by atoms with E-state index in [4.69, 9.17) is 10.5 Å². The molecule has 1 fully saturated rings. The van der Waals surface area contributed by atoms with Crippen LogP contribution in [0.15, 0.2) is 42.6 Å². The lowest BCUT2D eigenvalue weighted by Gasteiger charge is -2.21. The lowest BCUT2D eigenvalue weighted by molar-refractivity contribution is -0.128. The third kappa shape index (κ3) is 7.62. The monoisotopic (exact) mass is 403 g/mol. The molecule has 1 aromatic heterocycles. The largest absolute Gasteiger partial charge is 0.365 e. The molecule has 0 aliphatic carbocycles. The molecule has 2 amide bonds. The van der Waals surface area contributed by atoms with E-state index in [0.29, 0.717) is 5.69 Å². The van der Waals surface area contributed by atoms with Crippen molar-refractivity contribution in [1.29, 1.82) is 0 Å². The first kappa shape index (κ1) is 24.2. The second kappa shape index (κ2) is 11.9. The Morgan fingerprint density at radius 2 is 1.90 bits per heavy atom. The number of benzene rings is 1. The van der Waals surface area contributed by atoms with Crippen LogP contribution in [0.5, 0.6) is 0 Å². The summed E-state index contributed by atoms with van der Waals surface area (Å²) in [5, 5.41) is 0.